The van der Waals surface area contributed by atoms with Crippen LogP contribution in [-0.4, -0.2) is 35.0 Å². The minimum Gasteiger partial charge on any atom is -0.507 e. The number of benzene rings is 4. The van der Waals surface area contributed by atoms with Gasteiger partial charge < -0.3 is 19.3 Å². The van der Waals surface area contributed by atoms with Gasteiger partial charge in [0.05, 0.1) is 28.9 Å². The zero-order valence-electron chi connectivity index (χ0n) is 25.9. The first-order valence-electron chi connectivity index (χ1n) is 15.0. The molecule has 1 fully saturated rings. The maximum absolute atomic E-state index is 13.9. The molecular formula is C37H32N2O6S. The Morgan fingerprint density at radius 1 is 1.02 bits per heavy atom. The highest BCUT2D eigenvalue weighted by molar-refractivity contribution is 7.22. The molecule has 1 aromatic heterocycles. The van der Waals surface area contributed by atoms with Gasteiger partial charge >= 0.3 is 5.91 Å². The lowest BCUT2D eigenvalue weighted by Gasteiger charge is -2.24. The Kier molecular flexibility index (Phi) is 7.49. The van der Waals surface area contributed by atoms with E-state index in [-0.39, 0.29) is 17.4 Å². The minimum absolute atomic E-state index is 0.0131. The molecule has 2 atom stereocenters. The maximum atomic E-state index is 13.9. The Hall–Kier alpha value is -5.15. The zero-order chi connectivity index (χ0) is 32.1. The number of ketones is 1. The number of anilines is 1. The number of aliphatic hydroxyl groups excluding tert-OH is 1. The molecule has 0 spiro atoms. The van der Waals surface area contributed by atoms with Gasteiger partial charge in [-0.25, -0.2) is 4.98 Å². The van der Waals surface area contributed by atoms with Crippen LogP contribution in [0.2, 0.25) is 0 Å². The molecule has 0 saturated carbocycles. The van der Waals surface area contributed by atoms with Gasteiger partial charge in [-0.2, -0.15) is 0 Å². The first kappa shape index (κ1) is 29.6. The van der Waals surface area contributed by atoms with Gasteiger partial charge in [-0.05, 0) is 85.0 Å². The van der Waals surface area contributed by atoms with Crippen LogP contribution in [0.5, 0.6) is 17.2 Å². The van der Waals surface area contributed by atoms with E-state index >= 15 is 0 Å². The van der Waals surface area contributed by atoms with Crippen LogP contribution in [0.4, 0.5) is 5.13 Å². The highest BCUT2D eigenvalue weighted by Crippen LogP contribution is 2.46. The molecule has 0 radical (unpaired) electrons. The standard InChI is InChI=1S/C37H32N2O6S/c1-20-14-21(2)32-30(15-20)46-37(38-32)39-33(24-10-13-28(29(18-24)43-4)44-19-23-8-6-5-7-9-23)31(35(41)36(39)42)34(40)25-11-12-27-26(17-25)16-22(3)45-27/h5-15,17-18,22,33,40H,16,19H2,1-4H3/t22-,33+/m1/s1. The number of carbonyl (C=O) groups is 2. The van der Waals surface area contributed by atoms with Crippen LogP contribution in [0.1, 0.15) is 46.3 Å². The molecular weight excluding hydrogens is 600 g/mol. The summed E-state index contributed by atoms with van der Waals surface area (Å²) < 4.78 is 18.6. The lowest BCUT2D eigenvalue weighted by Crippen LogP contribution is -2.29. The molecule has 2 aliphatic rings. The third-order valence-electron chi connectivity index (χ3n) is 8.38. The molecule has 1 amide bonds. The molecule has 8 nitrogen and oxygen atoms in total. The summed E-state index contributed by atoms with van der Waals surface area (Å²) in [5.74, 6) is -0.129. The van der Waals surface area contributed by atoms with Crippen LogP contribution in [0, 0.1) is 13.8 Å². The fourth-order valence-electron chi connectivity index (χ4n) is 6.24. The highest BCUT2D eigenvalue weighted by Gasteiger charge is 2.48. The number of carbonyl (C=O) groups excluding carboxylic acids is 2. The normalized spacial score (nSPS) is 18.6. The summed E-state index contributed by atoms with van der Waals surface area (Å²) in [5.41, 5.74) is 5.72. The molecule has 2 aliphatic heterocycles. The van der Waals surface area contributed by atoms with Crippen LogP contribution in [0.25, 0.3) is 16.0 Å². The van der Waals surface area contributed by atoms with Crippen LogP contribution in [0.15, 0.2) is 84.4 Å². The van der Waals surface area contributed by atoms with Gasteiger partial charge in [0.25, 0.3) is 5.78 Å². The van der Waals surface area contributed by atoms with Gasteiger partial charge in [0.2, 0.25) is 0 Å². The number of nitrogens with zero attached hydrogens (tertiary/aromatic N) is 2. The van der Waals surface area contributed by atoms with Gasteiger partial charge in [0.15, 0.2) is 16.6 Å². The Labute approximate surface area is 270 Å². The minimum atomic E-state index is -0.970. The molecule has 3 heterocycles. The number of hydrogen-bond donors (Lipinski definition) is 1. The van der Waals surface area contributed by atoms with Crippen molar-refractivity contribution in [3.63, 3.8) is 0 Å². The van der Waals surface area contributed by atoms with Crippen LogP contribution in [0.3, 0.4) is 0 Å². The average molecular weight is 633 g/mol. The van der Waals surface area contributed by atoms with Crippen molar-refractivity contribution >= 4 is 44.1 Å². The smallest absolute Gasteiger partial charge is 0.301 e. The fourth-order valence-corrected chi connectivity index (χ4v) is 7.41. The van der Waals surface area contributed by atoms with E-state index in [1.807, 2.05) is 69.3 Å². The van der Waals surface area contributed by atoms with Crippen molar-refractivity contribution < 1.29 is 28.9 Å². The molecule has 9 heteroatoms. The SMILES string of the molecule is COc1cc([C@H]2C(=C(O)c3ccc4c(c3)C[C@@H](C)O4)C(=O)C(=O)N2c2nc3c(C)cc(C)cc3s2)ccc1OCc1ccccc1. The van der Waals surface area contributed by atoms with Crippen molar-refractivity contribution in [1.82, 2.24) is 4.98 Å². The molecule has 232 valence electrons. The Bertz CT molecular complexity index is 2050. The van der Waals surface area contributed by atoms with E-state index in [0.717, 1.165) is 38.2 Å². The van der Waals surface area contributed by atoms with Crippen LogP contribution < -0.4 is 19.1 Å². The Balaban J connectivity index is 1.36. The average Bonchev–Trinajstić information content (AvgIpc) is 3.72. The van der Waals surface area contributed by atoms with E-state index in [1.165, 1.54) is 23.3 Å². The lowest BCUT2D eigenvalue weighted by atomic mass is 9.94. The third-order valence-corrected chi connectivity index (χ3v) is 9.38. The number of aliphatic hydroxyl groups is 1. The summed E-state index contributed by atoms with van der Waals surface area (Å²) in [4.78, 5) is 34.0. The van der Waals surface area contributed by atoms with Crippen molar-refractivity contribution in [2.45, 2.75) is 45.9 Å². The second kappa shape index (κ2) is 11.7. The summed E-state index contributed by atoms with van der Waals surface area (Å²) in [5, 5.41) is 12.1. The van der Waals surface area contributed by atoms with Gasteiger partial charge in [0.1, 0.15) is 24.2 Å². The summed E-state index contributed by atoms with van der Waals surface area (Å²) in [7, 11) is 1.54. The number of thiazole rings is 1. The predicted octanol–water partition coefficient (Wildman–Crippen LogP) is 7.45. The molecule has 0 unspecified atom stereocenters. The molecule has 4 aromatic carbocycles. The number of fused-ring (bicyclic) bond motifs is 2. The molecule has 1 N–H and O–H groups in total. The van der Waals surface area contributed by atoms with Crippen LogP contribution >= 0.6 is 11.3 Å². The number of ether oxygens (including phenoxy) is 3. The second-order valence-electron chi connectivity index (χ2n) is 11.7. The summed E-state index contributed by atoms with van der Waals surface area (Å²) in [6.45, 7) is 6.29. The molecule has 46 heavy (non-hydrogen) atoms. The Morgan fingerprint density at radius 2 is 1.83 bits per heavy atom. The molecule has 0 bridgehead atoms. The van der Waals surface area contributed by atoms with E-state index in [1.54, 1.807) is 30.3 Å². The van der Waals surface area contributed by atoms with Crippen molar-refractivity contribution in [3.05, 3.63) is 118 Å². The Morgan fingerprint density at radius 3 is 2.61 bits per heavy atom. The number of methoxy groups -OCH3 is 1. The fraction of sp³-hybridized carbons (Fsp3) is 0.216. The lowest BCUT2D eigenvalue weighted by molar-refractivity contribution is -0.132. The first-order chi connectivity index (χ1) is 22.2. The van der Waals surface area contributed by atoms with E-state index in [0.29, 0.717) is 40.8 Å². The van der Waals surface area contributed by atoms with E-state index in [2.05, 4.69) is 0 Å². The third kappa shape index (κ3) is 5.16. The number of Topliss-reactive ketones (excluding diaryl/α,β-unsaturated/α-hetero) is 1. The van der Waals surface area contributed by atoms with E-state index in [9.17, 15) is 14.7 Å². The van der Waals surface area contributed by atoms with Gasteiger partial charge in [-0.1, -0.05) is 53.8 Å². The number of rotatable bonds is 7. The van der Waals surface area contributed by atoms with Crippen molar-refractivity contribution in [2.24, 2.45) is 0 Å². The number of aromatic nitrogens is 1. The maximum Gasteiger partial charge on any atom is 0.301 e. The zero-order valence-corrected chi connectivity index (χ0v) is 26.7. The van der Waals surface area contributed by atoms with E-state index < -0.39 is 17.7 Å². The topological polar surface area (TPSA) is 98.2 Å². The second-order valence-corrected chi connectivity index (χ2v) is 12.7. The van der Waals surface area contributed by atoms with Crippen molar-refractivity contribution in [3.8, 4) is 17.2 Å². The summed E-state index contributed by atoms with van der Waals surface area (Å²) in [6.07, 6.45) is 0.694. The van der Waals surface area contributed by atoms with E-state index in [4.69, 9.17) is 19.2 Å². The van der Waals surface area contributed by atoms with Crippen LogP contribution in [-0.2, 0) is 22.6 Å². The van der Waals surface area contributed by atoms with Crippen molar-refractivity contribution in [1.29, 1.82) is 0 Å². The summed E-state index contributed by atoms with van der Waals surface area (Å²) >= 11 is 1.34. The van der Waals surface area contributed by atoms with Gasteiger partial charge in [-0.3, -0.25) is 14.5 Å². The number of aryl methyl sites for hydroxylation is 2. The summed E-state index contributed by atoms with van der Waals surface area (Å²) in [6, 6.07) is 23.5. The monoisotopic (exact) mass is 632 g/mol. The largest absolute Gasteiger partial charge is 0.507 e. The van der Waals surface area contributed by atoms with Gasteiger partial charge in [-0.15, -0.1) is 0 Å². The molecule has 7 rings (SSSR count). The van der Waals surface area contributed by atoms with Gasteiger partial charge in [0, 0.05) is 12.0 Å². The molecule has 5 aromatic rings. The first-order valence-corrected chi connectivity index (χ1v) is 15.9. The highest BCUT2D eigenvalue weighted by atomic mass is 32.1. The molecule has 0 aliphatic carbocycles. The quantitative estimate of drug-likeness (QED) is 0.113. The predicted molar refractivity (Wildman–Crippen MR) is 178 cm³/mol. The molecule has 1 saturated heterocycles. The van der Waals surface area contributed by atoms with Crippen molar-refractivity contribution in [2.75, 3.05) is 12.0 Å². The number of hydrogen-bond acceptors (Lipinski definition) is 8. The number of amides is 1.